The van der Waals surface area contributed by atoms with Crippen molar-refractivity contribution in [1.82, 2.24) is 0 Å². The van der Waals surface area contributed by atoms with E-state index in [9.17, 15) is 0 Å². The molecule has 4 aromatic carbocycles. The largest absolute Gasteiger partial charge is 0.139 e. The van der Waals surface area contributed by atoms with E-state index in [-0.39, 0.29) is 0 Å². The Hall–Kier alpha value is -3.42. The van der Waals surface area contributed by atoms with Crippen LogP contribution in [0.25, 0.3) is 21.7 Å². The number of benzene rings is 4. The van der Waals surface area contributed by atoms with E-state index in [4.69, 9.17) is 0 Å². The smallest absolute Gasteiger partial charge is 0.0382 e. The Bertz CT molecular complexity index is 1800. The summed E-state index contributed by atoms with van der Waals surface area (Å²) in [6, 6.07) is 33.9. The van der Waals surface area contributed by atoms with Gasteiger partial charge in [-0.25, -0.2) is 0 Å². The SMILES string of the molecule is Cc1ccccc1C1=c2ccc3c(c2CCC1C)C(c1cc2ccccc2s1)C=c1ccccc1=3. The minimum atomic E-state index is 0.291. The fourth-order valence-electron chi connectivity index (χ4n) is 6.36. The summed E-state index contributed by atoms with van der Waals surface area (Å²) in [4.78, 5) is 1.45. The second kappa shape index (κ2) is 8.07. The van der Waals surface area contributed by atoms with Gasteiger partial charge in [0.2, 0.25) is 0 Å². The molecular weight excluding hydrogens is 440 g/mol. The number of hydrogen-bond acceptors (Lipinski definition) is 1. The van der Waals surface area contributed by atoms with Gasteiger partial charge in [0.25, 0.3) is 0 Å². The molecule has 2 unspecified atom stereocenters. The van der Waals surface area contributed by atoms with Crippen LogP contribution in [0.5, 0.6) is 0 Å². The molecule has 0 fully saturated rings. The maximum Gasteiger partial charge on any atom is 0.0382 e. The summed E-state index contributed by atoms with van der Waals surface area (Å²) in [5.74, 6) is 0.850. The van der Waals surface area contributed by atoms with E-state index in [1.54, 1.807) is 5.56 Å². The van der Waals surface area contributed by atoms with Crippen molar-refractivity contribution in [3.63, 3.8) is 0 Å². The van der Waals surface area contributed by atoms with Gasteiger partial charge in [-0.05, 0) is 91.9 Å². The molecular formula is C34H28S. The molecule has 1 aromatic heterocycles. The summed E-state index contributed by atoms with van der Waals surface area (Å²) in [5.41, 5.74) is 7.41. The van der Waals surface area contributed by atoms with Crippen molar-refractivity contribution in [1.29, 1.82) is 0 Å². The van der Waals surface area contributed by atoms with Gasteiger partial charge < -0.3 is 0 Å². The molecule has 0 amide bonds. The first-order valence-corrected chi connectivity index (χ1v) is 13.5. The second-order valence-corrected chi connectivity index (χ2v) is 11.3. The molecule has 0 N–H and O–H groups in total. The van der Waals surface area contributed by atoms with Gasteiger partial charge in [-0.15, -0.1) is 11.3 Å². The van der Waals surface area contributed by atoms with E-state index in [0.29, 0.717) is 11.8 Å². The third-order valence-corrected chi connectivity index (χ3v) is 9.26. The van der Waals surface area contributed by atoms with Crippen LogP contribution in [0.1, 0.15) is 46.4 Å². The van der Waals surface area contributed by atoms with E-state index >= 15 is 0 Å². The number of fused-ring (bicyclic) bond motifs is 5. The average molecular weight is 469 g/mol. The predicted octanol–water partition coefficient (Wildman–Crippen LogP) is 7.20. The van der Waals surface area contributed by atoms with Gasteiger partial charge in [-0.1, -0.05) is 91.9 Å². The summed E-state index contributed by atoms with van der Waals surface area (Å²) in [5, 5.41) is 6.97. The molecule has 170 valence electrons. The van der Waals surface area contributed by atoms with Gasteiger partial charge in [-0.3, -0.25) is 0 Å². The molecule has 0 nitrogen and oxygen atoms in total. The molecule has 2 atom stereocenters. The predicted molar refractivity (Wildman–Crippen MR) is 149 cm³/mol. The first kappa shape index (κ1) is 20.9. The Kier molecular flexibility index (Phi) is 4.82. The molecule has 2 aliphatic carbocycles. The molecule has 0 bridgehead atoms. The molecule has 1 heteroatoms. The highest BCUT2D eigenvalue weighted by molar-refractivity contribution is 7.19. The fourth-order valence-corrected chi connectivity index (χ4v) is 7.51. The van der Waals surface area contributed by atoms with Crippen molar-refractivity contribution >= 4 is 33.1 Å². The zero-order valence-electron chi connectivity index (χ0n) is 20.2. The number of rotatable bonds is 2. The molecule has 0 aliphatic heterocycles. The lowest BCUT2D eigenvalue weighted by Crippen LogP contribution is -2.28. The van der Waals surface area contributed by atoms with Crippen molar-refractivity contribution in [2.45, 2.75) is 32.6 Å². The minimum absolute atomic E-state index is 0.291. The highest BCUT2D eigenvalue weighted by Crippen LogP contribution is 2.40. The van der Waals surface area contributed by atoms with Crippen molar-refractivity contribution in [2.75, 3.05) is 0 Å². The van der Waals surface area contributed by atoms with Gasteiger partial charge in [0.1, 0.15) is 0 Å². The third kappa shape index (κ3) is 3.26. The lowest BCUT2D eigenvalue weighted by Gasteiger charge is -2.29. The van der Waals surface area contributed by atoms with E-state index in [0.717, 1.165) is 6.42 Å². The summed E-state index contributed by atoms with van der Waals surface area (Å²) in [6.07, 6.45) is 4.87. The van der Waals surface area contributed by atoms with Crippen molar-refractivity contribution in [3.8, 4) is 0 Å². The molecule has 0 saturated carbocycles. The summed E-state index contributed by atoms with van der Waals surface area (Å²) >= 11 is 1.95. The lowest BCUT2D eigenvalue weighted by molar-refractivity contribution is 0.637. The maximum atomic E-state index is 2.52. The Labute approximate surface area is 210 Å². The maximum absolute atomic E-state index is 2.52. The van der Waals surface area contributed by atoms with Crippen LogP contribution >= 0.6 is 11.3 Å². The van der Waals surface area contributed by atoms with Gasteiger partial charge in [0.15, 0.2) is 0 Å². The summed E-state index contributed by atoms with van der Waals surface area (Å²) in [6.45, 7) is 4.67. The Balaban J connectivity index is 1.61. The first-order valence-electron chi connectivity index (χ1n) is 12.7. The van der Waals surface area contributed by atoms with Crippen molar-refractivity contribution < 1.29 is 0 Å². The highest BCUT2D eigenvalue weighted by atomic mass is 32.1. The molecule has 35 heavy (non-hydrogen) atoms. The average Bonchev–Trinajstić information content (AvgIpc) is 3.33. The van der Waals surface area contributed by atoms with E-state index in [1.807, 2.05) is 11.3 Å². The molecule has 0 saturated heterocycles. The zero-order chi connectivity index (χ0) is 23.5. The van der Waals surface area contributed by atoms with Crippen molar-refractivity contribution in [3.05, 3.63) is 139 Å². The minimum Gasteiger partial charge on any atom is -0.139 e. The number of aryl methyl sites for hydroxylation is 1. The lowest BCUT2D eigenvalue weighted by atomic mass is 9.76. The summed E-state index contributed by atoms with van der Waals surface area (Å²) in [7, 11) is 0. The van der Waals surface area contributed by atoms with Gasteiger partial charge in [-0.2, -0.15) is 0 Å². The van der Waals surface area contributed by atoms with Crippen LogP contribution in [-0.4, -0.2) is 0 Å². The topological polar surface area (TPSA) is 0 Å². The van der Waals surface area contributed by atoms with Crippen LogP contribution in [0, 0.1) is 23.3 Å². The second-order valence-electron chi connectivity index (χ2n) is 10.1. The van der Waals surface area contributed by atoms with Gasteiger partial charge >= 0.3 is 0 Å². The van der Waals surface area contributed by atoms with E-state index in [2.05, 4.69) is 111 Å². The standard InChI is InChI=1S/C34H28S/c1-21-9-3-6-12-25(21)33-22(2)15-16-29-28(33)18-17-27-26-13-7-4-10-23(26)19-30(34(27)29)32-20-24-11-5-8-14-31(24)35-32/h3-14,17-20,22,30H,15-16H2,1-2H3. The van der Waals surface area contributed by atoms with Crippen LogP contribution in [-0.2, 0) is 6.42 Å². The number of hydrogen-bond donors (Lipinski definition) is 0. The number of thiophene rings is 1. The monoisotopic (exact) mass is 468 g/mol. The molecule has 7 rings (SSSR count). The van der Waals surface area contributed by atoms with E-state index < -0.39 is 0 Å². The van der Waals surface area contributed by atoms with E-state index in [1.165, 1.54) is 64.5 Å². The van der Waals surface area contributed by atoms with Gasteiger partial charge in [0.05, 0.1) is 0 Å². The van der Waals surface area contributed by atoms with Crippen LogP contribution in [0.4, 0.5) is 0 Å². The van der Waals surface area contributed by atoms with Crippen molar-refractivity contribution in [2.24, 2.45) is 5.92 Å². The van der Waals surface area contributed by atoms with Crippen LogP contribution in [0.2, 0.25) is 0 Å². The molecule has 2 aliphatic rings. The summed E-state index contributed by atoms with van der Waals surface area (Å²) < 4.78 is 1.38. The first-order chi connectivity index (χ1) is 17.2. The molecule has 0 radical (unpaired) electrons. The molecule has 5 aromatic rings. The third-order valence-electron chi connectivity index (χ3n) is 8.06. The normalized spacial score (nSPS) is 18.5. The van der Waals surface area contributed by atoms with Gasteiger partial charge in [0, 0.05) is 15.5 Å². The Morgan fingerprint density at radius 3 is 2.43 bits per heavy atom. The molecule has 0 spiro atoms. The van der Waals surface area contributed by atoms with Crippen LogP contribution in [0.3, 0.4) is 0 Å². The van der Waals surface area contributed by atoms with Crippen LogP contribution < -0.4 is 10.4 Å². The quantitative estimate of drug-likeness (QED) is 0.257. The Morgan fingerprint density at radius 2 is 1.54 bits per heavy atom. The zero-order valence-corrected chi connectivity index (χ0v) is 21.0. The van der Waals surface area contributed by atoms with Crippen LogP contribution in [0.15, 0.2) is 91.0 Å². The highest BCUT2D eigenvalue weighted by Gasteiger charge is 2.27. The Morgan fingerprint density at radius 1 is 0.771 bits per heavy atom. The molecule has 1 heterocycles. The fraction of sp³-hybridized carbons (Fsp3) is 0.176.